The zero-order valence-electron chi connectivity index (χ0n) is 18.9. The van der Waals surface area contributed by atoms with Crippen LogP contribution < -0.4 is 14.3 Å². The number of rotatable bonds is 7. The fourth-order valence-electron chi connectivity index (χ4n) is 4.06. The van der Waals surface area contributed by atoms with Crippen LogP contribution >= 0.6 is 11.3 Å². The van der Waals surface area contributed by atoms with Gasteiger partial charge in [-0.15, -0.1) is 11.3 Å². The first-order chi connectivity index (χ1) is 16.7. The smallest absolute Gasteiger partial charge is 0.190 e. The second-order valence-corrected chi connectivity index (χ2v) is 8.66. The molecule has 0 fully saturated rings. The summed E-state index contributed by atoms with van der Waals surface area (Å²) in [6.45, 7) is 0.709. The summed E-state index contributed by atoms with van der Waals surface area (Å²) in [5, 5.41) is 3.30. The van der Waals surface area contributed by atoms with Crippen molar-refractivity contribution in [3.63, 3.8) is 0 Å². The molecule has 5 rings (SSSR count). The Bertz CT molecular complexity index is 1500. The molecule has 0 radical (unpaired) electrons. The van der Waals surface area contributed by atoms with Crippen LogP contribution in [-0.4, -0.2) is 23.8 Å². The fraction of sp³-hybridized carbons (Fsp3) is 0.148. The minimum atomic E-state index is -0.279. The Morgan fingerprint density at radius 1 is 1.00 bits per heavy atom. The molecule has 2 heterocycles. The molecule has 5 aromatic rings. The summed E-state index contributed by atoms with van der Waals surface area (Å²) in [6, 6.07) is 20.3. The third kappa shape index (κ3) is 4.34. The van der Waals surface area contributed by atoms with Crippen molar-refractivity contribution in [3.05, 3.63) is 94.5 Å². The number of nitrogens with zero attached hydrogens (tertiary/aromatic N) is 2. The summed E-state index contributed by atoms with van der Waals surface area (Å²) in [7, 11) is 3.32. The Hall–Kier alpha value is -3.84. The van der Waals surface area contributed by atoms with Gasteiger partial charge in [0.2, 0.25) is 0 Å². The maximum absolute atomic E-state index is 13.4. The molecule has 0 bridgehead atoms. The highest BCUT2D eigenvalue weighted by atomic mass is 32.1. The van der Waals surface area contributed by atoms with Gasteiger partial charge in [0.15, 0.2) is 4.80 Å². The minimum absolute atomic E-state index is 0.279. The van der Waals surface area contributed by atoms with E-state index in [2.05, 4.69) is 39.3 Å². The first kappa shape index (κ1) is 22.0. The highest BCUT2D eigenvalue weighted by molar-refractivity contribution is 7.07. The third-order valence-electron chi connectivity index (χ3n) is 5.81. The summed E-state index contributed by atoms with van der Waals surface area (Å²) in [4.78, 5) is 9.00. The third-order valence-corrected chi connectivity index (χ3v) is 6.67. The molecule has 3 aromatic carbocycles. The van der Waals surface area contributed by atoms with Crippen LogP contribution in [0.3, 0.4) is 0 Å². The van der Waals surface area contributed by atoms with Gasteiger partial charge in [-0.3, -0.25) is 0 Å². The number of para-hydroxylation sites is 1. The van der Waals surface area contributed by atoms with E-state index in [-0.39, 0.29) is 5.82 Å². The van der Waals surface area contributed by atoms with Crippen molar-refractivity contribution in [2.75, 3.05) is 14.2 Å². The number of thiazole rings is 1. The van der Waals surface area contributed by atoms with E-state index >= 15 is 0 Å². The lowest BCUT2D eigenvalue weighted by molar-refractivity contribution is 0.404. The Labute approximate surface area is 200 Å². The monoisotopic (exact) mass is 473 g/mol. The molecular weight excluding hydrogens is 449 g/mol. The van der Waals surface area contributed by atoms with E-state index < -0.39 is 0 Å². The summed E-state index contributed by atoms with van der Waals surface area (Å²) in [6.07, 6.45) is 2.89. The first-order valence-electron chi connectivity index (χ1n) is 10.9. The Morgan fingerprint density at radius 3 is 2.62 bits per heavy atom. The SMILES string of the molecule is COc1ccc(OC)c(-c2csc(=Nc3ccc(F)cc3)n2CCc2c[nH]c3ccccc23)c1. The molecule has 1 N–H and O–H groups in total. The molecule has 2 aromatic heterocycles. The lowest BCUT2D eigenvalue weighted by Gasteiger charge is -2.13. The van der Waals surface area contributed by atoms with Gasteiger partial charge in [-0.05, 0) is 60.5 Å². The number of hydrogen-bond donors (Lipinski definition) is 1. The summed E-state index contributed by atoms with van der Waals surface area (Å²) in [5.41, 5.74) is 4.98. The van der Waals surface area contributed by atoms with Crippen molar-refractivity contribution in [2.45, 2.75) is 13.0 Å². The molecule has 5 nitrogen and oxygen atoms in total. The summed E-state index contributed by atoms with van der Waals surface area (Å²) >= 11 is 1.54. The van der Waals surface area contributed by atoms with Crippen LogP contribution in [0, 0.1) is 5.82 Å². The van der Waals surface area contributed by atoms with Crippen molar-refractivity contribution >= 4 is 27.9 Å². The molecule has 0 saturated heterocycles. The number of aromatic nitrogens is 2. The lowest BCUT2D eigenvalue weighted by Crippen LogP contribution is -2.17. The zero-order chi connectivity index (χ0) is 23.5. The average Bonchev–Trinajstić information content (AvgIpc) is 3.47. The maximum atomic E-state index is 13.4. The molecule has 0 atom stereocenters. The fourth-order valence-corrected chi connectivity index (χ4v) is 5.01. The molecule has 0 saturated carbocycles. The predicted molar refractivity (Wildman–Crippen MR) is 134 cm³/mol. The number of fused-ring (bicyclic) bond motifs is 1. The molecular formula is C27H24FN3O2S. The zero-order valence-corrected chi connectivity index (χ0v) is 19.7. The molecule has 0 aliphatic heterocycles. The van der Waals surface area contributed by atoms with E-state index in [0.717, 1.165) is 39.5 Å². The van der Waals surface area contributed by atoms with Crippen molar-refractivity contribution in [2.24, 2.45) is 4.99 Å². The van der Waals surface area contributed by atoms with E-state index in [0.29, 0.717) is 12.2 Å². The summed E-state index contributed by atoms with van der Waals surface area (Å²) in [5.74, 6) is 1.23. The number of ether oxygens (including phenoxy) is 2. The van der Waals surface area contributed by atoms with Gasteiger partial charge in [0.1, 0.15) is 17.3 Å². The van der Waals surface area contributed by atoms with Gasteiger partial charge in [0, 0.05) is 34.6 Å². The lowest BCUT2D eigenvalue weighted by atomic mass is 10.1. The number of halogens is 1. The van der Waals surface area contributed by atoms with Gasteiger partial charge in [-0.1, -0.05) is 18.2 Å². The van der Waals surface area contributed by atoms with Gasteiger partial charge in [-0.2, -0.15) is 0 Å². The van der Waals surface area contributed by atoms with Crippen LogP contribution in [0.15, 0.2) is 83.3 Å². The molecule has 7 heteroatoms. The topological polar surface area (TPSA) is 51.5 Å². The highest BCUT2D eigenvalue weighted by Crippen LogP contribution is 2.34. The molecule has 0 aliphatic rings. The number of benzene rings is 3. The number of aromatic amines is 1. The number of H-pyrrole nitrogens is 1. The van der Waals surface area contributed by atoms with Crippen LogP contribution in [0.5, 0.6) is 11.5 Å². The number of aryl methyl sites for hydroxylation is 1. The van der Waals surface area contributed by atoms with E-state index in [4.69, 9.17) is 14.5 Å². The first-order valence-corrected chi connectivity index (χ1v) is 11.8. The van der Waals surface area contributed by atoms with Gasteiger partial charge in [0.25, 0.3) is 0 Å². The van der Waals surface area contributed by atoms with Crippen LogP contribution in [0.25, 0.3) is 22.2 Å². The van der Waals surface area contributed by atoms with E-state index in [1.54, 1.807) is 37.7 Å². The highest BCUT2D eigenvalue weighted by Gasteiger charge is 2.15. The van der Waals surface area contributed by atoms with Crippen molar-refractivity contribution in [1.29, 1.82) is 0 Å². The molecule has 172 valence electrons. The number of methoxy groups -OCH3 is 2. The maximum Gasteiger partial charge on any atom is 0.190 e. The largest absolute Gasteiger partial charge is 0.497 e. The van der Waals surface area contributed by atoms with Crippen molar-refractivity contribution in [3.8, 4) is 22.8 Å². The van der Waals surface area contributed by atoms with Crippen LogP contribution in [0.2, 0.25) is 0 Å². The van der Waals surface area contributed by atoms with Gasteiger partial charge < -0.3 is 19.0 Å². The molecule has 0 spiro atoms. The predicted octanol–water partition coefficient (Wildman–Crippen LogP) is 6.33. The molecule has 0 unspecified atom stereocenters. The van der Waals surface area contributed by atoms with Gasteiger partial charge >= 0.3 is 0 Å². The summed E-state index contributed by atoms with van der Waals surface area (Å²) < 4.78 is 26.7. The average molecular weight is 474 g/mol. The Kier molecular flexibility index (Phi) is 6.18. The van der Waals surface area contributed by atoms with Crippen molar-refractivity contribution < 1.29 is 13.9 Å². The van der Waals surface area contributed by atoms with Crippen LogP contribution in [0.4, 0.5) is 10.1 Å². The van der Waals surface area contributed by atoms with E-state index in [1.165, 1.54) is 23.1 Å². The standard InChI is InChI=1S/C27H24FN3O2S/c1-32-21-11-12-26(33-2)23(15-21)25-17-34-27(30-20-9-7-19(28)8-10-20)31(25)14-13-18-16-29-24-6-4-3-5-22(18)24/h3-12,15-17,29H,13-14H2,1-2H3. The van der Waals surface area contributed by atoms with Crippen molar-refractivity contribution in [1.82, 2.24) is 9.55 Å². The Balaban J connectivity index is 1.61. The van der Waals surface area contributed by atoms with Crippen LogP contribution in [-0.2, 0) is 13.0 Å². The van der Waals surface area contributed by atoms with Gasteiger partial charge in [-0.25, -0.2) is 9.38 Å². The number of hydrogen-bond acceptors (Lipinski definition) is 4. The van der Waals surface area contributed by atoms with Crippen LogP contribution in [0.1, 0.15) is 5.56 Å². The second kappa shape index (κ2) is 9.57. The second-order valence-electron chi connectivity index (χ2n) is 7.82. The molecule has 0 aliphatic carbocycles. The van der Waals surface area contributed by atoms with Gasteiger partial charge in [0.05, 0.1) is 25.6 Å². The molecule has 34 heavy (non-hydrogen) atoms. The quantitative estimate of drug-likeness (QED) is 0.300. The minimum Gasteiger partial charge on any atom is -0.497 e. The van der Waals surface area contributed by atoms with E-state index in [1.807, 2.05) is 24.3 Å². The normalized spacial score (nSPS) is 11.8. The Morgan fingerprint density at radius 2 is 1.82 bits per heavy atom. The number of nitrogens with one attached hydrogen (secondary N) is 1. The van der Waals surface area contributed by atoms with E-state index in [9.17, 15) is 4.39 Å². The molecule has 0 amide bonds.